The Balaban J connectivity index is 2.23. The van der Waals surface area contributed by atoms with Crippen LogP contribution >= 0.6 is 0 Å². The number of nitrogen functional groups attached to an aromatic ring is 1. The monoisotopic (exact) mass is 278 g/mol. The van der Waals surface area contributed by atoms with Gasteiger partial charge in [-0.15, -0.1) is 0 Å². The Morgan fingerprint density at radius 2 is 1.90 bits per heavy atom. The van der Waals surface area contributed by atoms with Gasteiger partial charge in [0, 0.05) is 17.4 Å². The lowest BCUT2D eigenvalue weighted by Crippen LogP contribution is -2.14. The van der Waals surface area contributed by atoms with E-state index in [4.69, 9.17) is 10.5 Å². The maximum absolute atomic E-state index is 13.6. The van der Waals surface area contributed by atoms with Crippen LogP contribution in [0.4, 0.5) is 20.2 Å². The number of carbonyl (C=O) groups is 1. The molecule has 3 N–H and O–H groups in total. The van der Waals surface area contributed by atoms with Crippen molar-refractivity contribution in [1.29, 1.82) is 0 Å². The van der Waals surface area contributed by atoms with Crippen LogP contribution in [-0.2, 0) is 0 Å². The molecule has 0 aliphatic carbocycles. The van der Waals surface area contributed by atoms with Crippen molar-refractivity contribution in [2.24, 2.45) is 0 Å². The van der Waals surface area contributed by atoms with E-state index in [1.54, 1.807) is 0 Å². The number of nitrogens with two attached hydrogens (primary N) is 1. The first-order valence-electron chi connectivity index (χ1n) is 5.71. The molecule has 0 radical (unpaired) electrons. The van der Waals surface area contributed by atoms with E-state index in [1.165, 1.54) is 31.4 Å². The Labute approximate surface area is 114 Å². The predicted octanol–water partition coefficient (Wildman–Crippen LogP) is 2.81. The third kappa shape index (κ3) is 2.85. The highest BCUT2D eigenvalue weighted by Gasteiger charge is 2.13. The number of anilines is 2. The largest absolute Gasteiger partial charge is 0.494 e. The third-order valence-corrected chi connectivity index (χ3v) is 2.65. The zero-order chi connectivity index (χ0) is 14.7. The van der Waals surface area contributed by atoms with Crippen LogP contribution in [-0.4, -0.2) is 13.0 Å². The molecule has 0 atom stereocenters. The van der Waals surface area contributed by atoms with Crippen molar-refractivity contribution in [1.82, 2.24) is 0 Å². The van der Waals surface area contributed by atoms with Crippen LogP contribution in [0.1, 0.15) is 10.4 Å². The molecule has 4 nitrogen and oxygen atoms in total. The molecule has 2 rings (SSSR count). The summed E-state index contributed by atoms with van der Waals surface area (Å²) in [7, 11) is 1.31. The van der Waals surface area contributed by atoms with Crippen LogP contribution in [0.2, 0.25) is 0 Å². The summed E-state index contributed by atoms with van der Waals surface area (Å²) >= 11 is 0. The van der Waals surface area contributed by atoms with E-state index >= 15 is 0 Å². The lowest BCUT2D eigenvalue weighted by atomic mass is 10.1. The van der Waals surface area contributed by atoms with Gasteiger partial charge in [-0.25, -0.2) is 8.78 Å². The van der Waals surface area contributed by atoms with Gasteiger partial charge in [0.15, 0.2) is 11.6 Å². The number of amides is 1. The molecule has 2 aromatic carbocycles. The summed E-state index contributed by atoms with van der Waals surface area (Å²) in [5.41, 5.74) is 5.77. The summed E-state index contributed by atoms with van der Waals surface area (Å²) in [5.74, 6) is -1.95. The van der Waals surface area contributed by atoms with Gasteiger partial charge in [0.2, 0.25) is 0 Å². The van der Waals surface area contributed by atoms with Crippen LogP contribution < -0.4 is 15.8 Å². The fourth-order valence-corrected chi connectivity index (χ4v) is 1.65. The summed E-state index contributed by atoms with van der Waals surface area (Å²) < 4.78 is 31.6. The number of hydrogen-bond donors (Lipinski definition) is 2. The molecule has 0 saturated carbocycles. The molecule has 20 heavy (non-hydrogen) atoms. The normalized spacial score (nSPS) is 10.2. The van der Waals surface area contributed by atoms with Gasteiger partial charge in [-0.1, -0.05) is 0 Å². The molecule has 104 valence electrons. The van der Waals surface area contributed by atoms with Crippen LogP contribution in [0.25, 0.3) is 0 Å². The molecule has 0 aliphatic heterocycles. The highest BCUT2D eigenvalue weighted by atomic mass is 19.1. The minimum atomic E-state index is -0.725. The smallest absolute Gasteiger partial charge is 0.258 e. The first kappa shape index (κ1) is 13.8. The first-order valence-corrected chi connectivity index (χ1v) is 5.71. The summed E-state index contributed by atoms with van der Waals surface area (Å²) in [6.45, 7) is 0. The molecular weight excluding hydrogens is 266 g/mol. The van der Waals surface area contributed by atoms with E-state index in [2.05, 4.69) is 5.32 Å². The second kappa shape index (κ2) is 5.56. The fraction of sp³-hybridized carbons (Fsp3) is 0.0714. The molecule has 2 aromatic rings. The molecular formula is C14H12F2N2O2. The van der Waals surface area contributed by atoms with E-state index in [-0.39, 0.29) is 17.0 Å². The lowest BCUT2D eigenvalue weighted by Gasteiger charge is -2.08. The van der Waals surface area contributed by atoms with Crippen LogP contribution in [0.3, 0.4) is 0 Å². The lowest BCUT2D eigenvalue weighted by molar-refractivity contribution is 0.102. The Morgan fingerprint density at radius 3 is 2.55 bits per heavy atom. The van der Waals surface area contributed by atoms with Crippen LogP contribution in [0.5, 0.6) is 5.75 Å². The topological polar surface area (TPSA) is 64.3 Å². The number of methoxy groups -OCH3 is 1. The summed E-state index contributed by atoms with van der Waals surface area (Å²) in [6.07, 6.45) is 0. The number of benzene rings is 2. The molecule has 0 fully saturated rings. The minimum Gasteiger partial charge on any atom is -0.494 e. The van der Waals surface area contributed by atoms with E-state index < -0.39 is 17.5 Å². The van der Waals surface area contributed by atoms with Gasteiger partial charge in [-0.05, 0) is 30.3 Å². The zero-order valence-electron chi connectivity index (χ0n) is 10.6. The number of carbonyl (C=O) groups excluding carboxylic acids is 1. The number of nitrogens with one attached hydrogen (secondary N) is 1. The summed E-state index contributed by atoms with van der Waals surface area (Å²) in [6, 6.07) is 7.56. The number of rotatable bonds is 3. The number of halogens is 2. The maximum Gasteiger partial charge on any atom is 0.258 e. The van der Waals surface area contributed by atoms with Gasteiger partial charge in [0.1, 0.15) is 5.82 Å². The Morgan fingerprint density at radius 1 is 1.15 bits per heavy atom. The van der Waals surface area contributed by atoms with Crippen molar-refractivity contribution >= 4 is 17.3 Å². The molecule has 0 saturated heterocycles. The van der Waals surface area contributed by atoms with E-state index in [0.717, 1.165) is 12.1 Å². The average Bonchev–Trinajstić information content (AvgIpc) is 2.40. The Hall–Kier alpha value is -2.63. The van der Waals surface area contributed by atoms with Gasteiger partial charge in [0.05, 0.1) is 12.7 Å². The van der Waals surface area contributed by atoms with Crippen molar-refractivity contribution in [3.63, 3.8) is 0 Å². The predicted molar refractivity (Wildman–Crippen MR) is 71.7 cm³/mol. The molecule has 1 amide bonds. The quantitative estimate of drug-likeness (QED) is 0.848. The molecule has 0 heterocycles. The molecule has 0 bridgehead atoms. The Bertz CT molecular complexity index is 660. The molecule has 0 aliphatic rings. The standard InChI is InChI=1S/C14H12F2N2O2/c1-20-13-7-9(3-5-11(13)15)18-14(19)10-4-2-8(17)6-12(10)16/h2-7H,17H2,1H3,(H,18,19). The van der Waals surface area contributed by atoms with E-state index in [1.807, 2.05) is 0 Å². The third-order valence-electron chi connectivity index (χ3n) is 2.65. The molecule has 0 unspecified atom stereocenters. The highest BCUT2D eigenvalue weighted by Crippen LogP contribution is 2.22. The zero-order valence-corrected chi connectivity index (χ0v) is 10.6. The second-order valence-electron chi connectivity index (χ2n) is 4.04. The van der Waals surface area contributed by atoms with Crippen molar-refractivity contribution < 1.29 is 18.3 Å². The minimum absolute atomic E-state index is 0.0134. The van der Waals surface area contributed by atoms with Crippen molar-refractivity contribution in [2.75, 3.05) is 18.2 Å². The van der Waals surface area contributed by atoms with Gasteiger partial charge >= 0.3 is 0 Å². The van der Waals surface area contributed by atoms with Crippen LogP contribution in [0.15, 0.2) is 36.4 Å². The number of ether oxygens (including phenoxy) is 1. The van der Waals surface area contributed by atoms with E-state index in [0.29, 0.717) is 5.69 Å². The summed E-state index contributed by atoms with van der Waals surface area (Å²) in [5, 5.41) is 2.45. The first-order chi connectivity index (χ1) is 9.51. The van der Waals surface area contributed by atoms with Gasteiger partial charge in [-0.3, -0.25) is 4.79 Å². The van der Waals surface area contributed by atoms with Crippen molar-refractivity contribution in [3.8, 4) is 5.75 Å². The van der Waals surface area contributed by atoms with E-state index in [9.17, 15) is 13.6 Å². The van der Waals surface area contributed by atoms with Crippen molar-refractivity contribution in [3.05, 3.63) is 53.6 Å². The summed E-state index contributed by atoms with van der Waals surface area (Å²) in [4.78, 5) is 11.9. The van der Waals surface area contributed by atoms with Crippen LogP contribution in [0, 0.1) is 11.6 Å². The second-order valence-corrected chi connectivity index (χ2v) is 4.04. The van der Waals surface area contributed by atoms with Gasteiger partial charge in [-0.2, -0.15) is 0 Å². The SMILES string of the molecule is COc1cc(NC(=O)c2ccc(N)cc2F)ccc1F. The molecule has 6 heteroatoms. The fourth-order valence-electron chi connectivity index (χ4n) is 1.65. The van der Waals surface area contributed by atoms with Gasteiger partial charge in [0.25, 0.3) is 5.91 Å². The highest BCUT2D eigenvalue weighted by molar-refractivity contribution is 6.04. The Kier molecular flexibility index (Phi) is 3.84. The van der Waals surface area contributed by atoms with Gasteiger partial charge < -0.3 is 15.8 Å². The maximum atomic E-state index is 13.6. The molecule has 0 aromatic heterocycles. The number of hydrogen-bond acceptors (Lipinski definition) is 3. The molecule has 0 spiro atoms. The average molecular weight is 278 g/mol. The van der Waals surface area contributed by atoms with Crippen molar-refractivity contribution in [2.45, 2.75) is 0 Å².